The van der Waals surface area contributed by atoms with E-state index in [4.69, 9.17) is 0 Å². The molecule has 154 valence electrons. The Morgan fingerprint density at radius 3 is 2.55 bits per heavy atom. The molecule has 29 heavy (non-hydrogen) atoms. The molecule has 7 nitrogen and oxygen atoms in total. The highest BCUT2D eigenvalue weighted by Gasteiger charge is 2.38. The van der Waals surface area contributed by atoms with Crippen LogP contribution in [0, 0.1) is 11.7 Å². The third-order valence-electron chi connectivity index (χ3n) is 5.93. The summed E-state index contributed by atoms with van der Waals surface area (Å²) in [7, 11) is 1.88. The first-order chi connectivity index (χ1) is 14.0. The predicted molar refractivity (Wildman–Crippen MR) is 106 cm³/mol. The maximum atomic E-state index is 13.8. The van der Waals surface area contributed by atoms with Gasteiger partial charge >= 0.3 is 0 Å². The van der Waals surface area contributed by atoms with Crippen molar-refractivity contribution in [3.05, 3.63) is 53.6 Å². The number of benzene rings is 1. The molecule has 8 heteroatoms. The number of hydrogen-bond acceptors (Lipinski definition) is 4. The van der Waals surface area contributed by atoms with Crippen molar-refractivity contribution in [2.75, 3.05) is 39.3 Å². The number of rotatable bonds is 4. The van der Waals surface area contributed by atoms with Gasteiger partial charge in [-0.1, -0.05) is 18.2 Å². The molecule has 0 unspecified atom stereocenters. The monoisotopic (exact) mass is 399 g/mol. The zero-order valence-electron chi connectivity index (χ0n) is 16.6. The van der Waals surface area contributed by atoms with E-state index in [0.717, 1.165) is 12.1 Å². The third-order valence-corrected chi connectivity index (χ3v) is 5.93. The molecule has 2 aromatic rings. The predicted octanol–water partition coefficient (Wildman–Crippen LogP) is 0.776. The lowest BCUT2D eigenvalue weighted by atomic mass is 9.89. The Hall–Kier alpha value is -2.74. The Labute approximate surface area is 169 Å². The van der Waals surface area contributed by atoms with Crippen molar-refractivity contribution in [1.82, 2.24) is 24.9 Å². The second kappa shape index (κ2) is 8.32. The van der Waals surface area contributed by atoms with Gasteiger partial charge in [0.05, 0.1) is 18.5 Å². The molecule has 2 amide bonds. The average molecular weight is 399 g/mol. The lowest BCUT2D eigenvalue weighted by molar-refractivity contribution is -0.141. The summed E-state index contributed by atoms with van der Waals surface area (Å²) >= 11 is 0. The molecule has 3 heterocycles. The molecule has 1 aromatic heterocycles. The van der Waals surface area contributed by atoms with E-state index < -0.39 is 0 Å². The SMILES string of the molecule is Cn1cc([C@H]2CNC[C@@H]2C(=O)N2CCN(C(=O)Cc3ccccc3F)CC2)cn1. The highest BCUT2D eigenvalue weighted by molar-refractivity contribution is 5.82. The number of piperazine rings is 1. The second-order valence-electron chi connectivity index (χ2n) is 7.79. The summed E-state index contributed by atoms with van der Waals surface area (Å²) in [6.45, 7) is 3.41. The first kappa shape index (κ1) is 19.6. The number of nitrogens with one attached hydrogen (secondary N) is 1. The normalized spacial score (nSPS) is 22.1. The summed E-state index contributed by atoms with van der Waals surface area (Å²) in [5.41, 5.74) is 1.49. The van der Waals surface area contributed by atoms with Crippen LogP contribution in [0.1, 0.15) is 17.0 Å². The molecule has 2 fully saturated rings. The Morgan fingerprint density at radius 2 is 1.86 bits per heavy atom. The van der Waals surface area contributed by atoms with Crippen molar-refractivity contribution in [2.45, 2.75) is 12.3 Å². The first-order valence-corrected chi connectivity index (χ1v) is 10.0. The number of aromatic nitrogens is 2. The van der Waals surface area contributed by atoms with Gasteiger partial charge in [-0.15, -0.1) is 0 Å². The smallest absolute Gasteiger partial charge is 0.227 e. The molecular weight excluding hydrogens is 373 g/mol. The maximum absolute atomic E-state index is 13.8. The maximum Gasteiger partial charge on any atom is 0.227 e. The minimum atomic E-state index is -0.357. The summed E-state index contributed by atoms with van der Waals surface area (Å²) < 4.78 is 15.6. The quantitative estimate of drug-likeness (QED) is 0.825. The summed E-state index contributed by atoms with van der Waals surface area (Å²) in [6, 6.07) is 6.35. The van der Waals surface area contributed by atoms with Gasteiger partial charge in [0.1, 0.15) is 5.82 Å². The van der Waals surface area contributed by atoms with Crippen molar-refractivity contribution in [1.29, 1.82) is 0 Å². The van der Waals surface area contributed by atoms with E-state index >= 15 is 0 Å². The molecule has 1 aromatic carbocycles. The van der Waals surface area contributed by atoms with Crippen LogP contribution in [0.3, 0.4) is 0 Å². The van der Waals surface area contributed by atoms with Crippen molar-refractivity contribution >= 4 is 11.8 Å². The van der Waals surface area contributed by atoms with Crippen LogP contribution < -0.4 is 5.32 Å². The van der Waals surface area contributed by atoms with Gasteiger partial charge in [-0.25, -0.2) is 4.39 Å². The standard InChI is InChI=1S/C21H26FN5O2/c1-25-14-16(11-24-25)17-12-23-13-18(17)21(29)27-8-6-26(7-9-27)20(28)10-15-4-2-3-5-19(15)22/h2-5,11,14,17-18,23H,6-10,12-13H2,1H3/t17-,18+/m1/s1. The Kier molecular flexibility index (Phi) is 5.62. The zero-order valence-corrected chi connectivity index (χ0v) is 16.6. The Bertz CT molecular complexity index is 891. The van der Waals surface area contributed by atoms with Gasteiger partial charge in [-0.3, -0.25) is 14.3 Å². The first-order valence-electron chi connectivity index (χ1n) is 10.0. The van der Waals surface area contributed by atoms with Gasteiger partial charge in [0.25, 0.3) is 0 Å². The van der Waals surface area contributed by atoms with Crippen LogP contribution in [-0.4, -0.2) is 70.7 Å². The van der Waals surface area contributed by atoms with E-state index in [0.29, 0.717) is 38.3 Å². The minimum Gasteiger partial charge on any atom is -0.339 e. The summed E-state index contributed by atoms with van der Waals surface area (Å²) in [5.74, 6) is -0.315. The molecule has 2 aliphatic rings. The van der Waals surface area contributed by atoms with Gasteiger partial charge in [0, 0.05) is 58.4 Å². The van der Waals surface area contributed by atoms with Crippen LogP contribution in [0.4, 0.5) is 4.39 Å². The molecule has 0 saturated carbocycles. The van der Waals surface area contributed by atoms with Crippen molar-refractivity contribution < 1.29 is 14.0 Å². The van der Waals surface area contributed by atoms with Crippen LogP contribution in [0.25, 0.3) is 0 Å². The molecule has 1 N–H and O–H groups in total. The van der Waals surface area contributed by atoms with Crippen molar-refractivity contribution in [3.8, 4) is 0 Å². The number of carbonyl (C=O) groups excluding carboxylic acids is 2. The highest BCUT2D eigenvalue weighted by atomic mass is 19.1. The Morgan fingerprint density at radius 1 is 1.14 bits per heavy atom. The Balaban J connectivity index is 1.33. The number of aryl methyl sites for hydroxylation is 1. The lowest BCUT2D eigenvalue weighted by Crippen LogP contribution is -2.52. The van der Waals surface area contributed by atoms with E-state index in [-0.39, 0.29) is 35.9 Å². The average Bonchev–Trinajstić information content (AvgIpc) is 3.38. The molecule has 0 spiro atoms. The molecule has 2 saturated heterocycles. The van der Waals surface area contributed by atoms with Gasteiger partial charge in [-0.2, -0.15) is 5.10 Å². The second-order valence-corrected chi connectivity index (χ2v) is 7.79. The summed E-state index contributed by atoms with van der Waals surface area (Å²) in [6.07, 6.45) is 3.85. The fourth-order valence-electron chi connectivity index (χ4n) is 4.25. The van der Waals surface area contributed by atoms with Gasteiger partial charge in [-0.05, 0) is 17.2 Å². The number of nitrogens with zero attached hydrogens (tertiary/aromatic N) is 4. The van der Waals surface area contributed by atoms with Crippen LogP contribution >= 0.6 is 0 Å². The number of amides is 2. The molecule has 4 rings (SSSR count). The highest BCUT2D eigenvalue weighted by Crippen LogP contribution is 2.29. The molecule has 2 atom stereocenters. The van der Waals surface area contributed by atoms with Gasteiger partial charge in [0.2, 0.25) is 11.8 Å². The van der Waals surface area contributed by atoms with Crippen LogP contribution in [0.5, 0.6) is 0 Å². The number of carbonyl (C=O) groups is 2. The fraction of sp³-hybridized carbons (Fsp3) is 0.476. The lowest BCUT2D eigenvalue weighted by Gasteiger charge is -2.36. The van der Waals surface area contributed by atoms with E-state index in [1.165, 1.54) is 6.07 Å². The largest absolute Gasteiger partial charge is 0.339 e. The fourth-order valence-corrected chi connectivity index (χ4v) is 4.25. The topological polar surface area (TPSA) is 70.5 Å². The van der Waals surface area contributed by atoms with Gasteiger partial charge < -0.3 is 15.1 Å². The molecule has 2 aliphatic heterocycles. The third kappa shape index (κ3) is 4.17. The summed E-state index contributed by atoms with van der Waals surface area (Å²) in [5, 5.41) is 7.56. The minimum absolute atomic E-state index is 0.0518. The summed E-state index contributed by atoms with van der Waals surface area (Å²) in [4.78, 5) is 29.2. The molecule has 0 radical (unpaired) electrons. The van der Waals surface area contributed by atoms with Gasteiger partial charge in [0.15, 0.2) is 0 Å². The van der Waals surface area contributed by atoms with Crippen molar-refractivity contribution in [2.24, 2.45) is 13.0 Å². The molecule has 0 bridgehead atoms. The molecule has 0 aliphatic carbocycles. The van der Waals surface area contributed by atoms with E-state index in [1.54, 1.807) is 27.8 Å². The van der Waals surface area contributed by atoms with Crippen LogP contribution in [-0.2, 0) is 23.1 Å². The van der Waals surface area contributed by atoms with Crippen LogP contribution in [0.2, 0.25) is 0 Å². The van der Waals surface area contributed by atoms with Crippen molar-refractivity contribution in [3.63, 3.8) is 0 Å². The van der Waals surface area contributed by atoms with Crippen LogP contribution in [0.15, 0.2) is 36.7 Å². The van der Waals surface area contributed by atoms with E-state index in [2.05, 4.69) is 10.4 Å². The van der Waals surface area contributed by atoms with E-state index in [1.807, 2.05) is 24.3 Å². The zero-order chi connectivity index (χ0) is 20.4. The molecular formula is C21H26FN5O2. The van der Waals surface area contributed by atoms with E-state index in [9.17, 15) is 14.0 Å². The number of halogens is 1. The number of hydrogen-bond donors (Lipinski definition) is 1.